The number of pyridine rings is 1. The van der Waals surface area contributed by atoms with Crippen LogP contribution in [0.1, 0.15) is 0 Å². The quantitative estimate of drug-likeness (QED) is 0.694. The van der Waals surface area contributed by atoms with Crippen molar-refractivity contribution in [2.45, 2.75) is 11.3 Å². The van der Waals surface area contributed by atoms with Gasteiger partial charge in [-0.1, -0.05) is 0 Å². The predicted octanol–water partition coefficient (Wildman–Crippen LogP) is 2.27. The normalized spacial score (nSPS) is 11.3. The Hall–Kier alpha value is -0.910. The molecular weight excluding hydrogens is 191 g/mol. The van der Waals surface area contributed by atoms with E-state index in [0.29, 0.717) is 0 Å². The van der Waals surface area contributed by atoms with E-state index in [1.165, 1.54) is 18.3 Å². The van der Waals surface area contributed by atoms with Gasteiger partial charge in [0.25, 0.3) is 0 Å². The molecule has 0 amide bonds. The van der Waals surface area contributed by atoms with E-state index in [-0.39, 0.29) is 4.90 Å². The van der Waals surface area contributed by atoms with Crippen LogP contribution < -0.4 is 4.74 Å². The molecule has 0 bridgehead atoms. The molecule has 0 aliphatic carbocycles. The van der Waals surface area contributed by atoms with Gasteiger partial charge in [0.15, 0.2) is 0 Å². The van der Waals surface area contributed by atoms with Crippen LogP contribution in [0.25, 0.3) is 0 Å². The number of hydrogen-bond acceptors (Lipinski definition) is 3. The second-order valence-corrected chi connectivity index (χ2v) is 2.36. The lowest BCUT2D eigenvalue weighted by Crippen LogP contribution is -2.18. The topological polar surface area (TPSA) is 22.1 Å². The minimum Gasteiger partial charge on any atom is -0.387 e. The molecule has 1 rings (SSSR count). The van der Waals surface area contributed by atoms with Gasteiger partial charge >= 0.3 is 6.36 Å². The third-order valence-corrected chi connectivity index (χ3v) is 1.30. The second kappa shape index (κ2) is 3.22. The third kappa shape index (κ3) is 2.61. The van der Waals surface area contributed by atoms with E-state index in [0.717, 1.165) is 0 Å². The van der Waals surface area contributed by atoms with Crippen molar-refractivity contribution < 1.29 is 17.9 Å². The number of thiol groups is 1. The molecule has 0 aromatic carbocycles. The summed E-state index contributed by atoms with van der Waals surface area (Å²) in [7, 11) is 0. The average molecular weight is 195 g/mol. The van der Waals surface area contributed by atoms with Crippen LogP contribution >= 0.6 is 12.6 Å². The van der Waals surface area contributed by atoms with Crippen molar-refractivity contribution in [1.29, 1.82) is 0 Å². The fourth-order valence-electron chi connectivity index (χ4n) is 0.571. The van der Waals surface area contributed by atoms with Gasteiger partial charge in [0, 0.05) is 6.20 Å². The number of aromatic nitrogens is 1. The second-order valence-electron chi connectivity index (χ2n) is 1.88. The first kappa shape index (κ1) is 9.18. The van der Waals surface area contributed by atoms with Crippen molar-refractivity contribution in [1.82, 2.24) is 4.98 Å². The van der Waals surface area contributed by atoms with Crippen molar-refractivity contribution in [3.8, 4) is 5.88 Å². The lowest BCUT2D eigenvalue weighted by molar-refractivity contribution is -0.277. The van der Waals surface area contributed by atoms with Gasteiger partial charge < -0.3 is 4.74 Å². The summed E-state index contributed by atoms with van der Waals surface area (Å²) >= 11 is 3.72. The van der Waals surface area contributed by atoms with Crippen molar-refractivity contribution in [2.24, 2.45) is 0 Å². The monoisotopic (exact) mass is 195 g/mol. The number of alkyl halides is 3. The first-order chi connectivity index (χ1) is 5.49. The molecule has 0 spiro atoms. The molecule has 1 aromatic heterocycles. The van der Waals surface area contributed by atoms with Crippen LogP contribution in [0.15, 0.2) is 23.2 Å². The maximum atomic E-state index is 11.6. The minimum absolute atomic E-state index is 0.0508. The molecule has 0 unspecified atom stereocenters. The van der Waals surface area contributed by atoms with E-state index in [4.69, 9.17) is 0 Å². The van der Waals surface area contributed by atoms with Crippen LogP contribution in [-0.2, 0) is 0 Å². The van der Waals surface area contributed by atoms with Gasteiger partial charge in [-0.3, -0.25) is 0 Å². The van der Waals surface area contributed by atoms with Gasteiger partial charge in [-0.15, -0.1) is 25.8 Å². The molecule has 0 N–H and O–H groups in total. The first-order valence-electron chi connectivity index (χ1n) is 2.89. The molecule has 0 radical (unpaired) electrons. The van der Waals surface area contributed by atoms with E-state index in [9.17, 15) is 13.2 Å². The molecule has 0 saturated carbocycles. The zero-order chi connectivity index (χ0) is 9.19. The Kier molecular flexibility index (Phi) is 2.46. The Balaban J connectivity index is 2.83. The van der Waals surface area contributed by atoms with Crippen LogP contribution in [-0.4, -0.2) is 11.3 Å². The highest BCUT2D eigenvalue weighted by molar-refractivity contribution is 7.80. The number of ether oxygens (including phenoxy) is 1. The van der Waals surface area contributed by atoms with Crippen molar-refractivity contribution in [2.75, 3.05) is 0 Å². The molecule has 12 heavy (non-hydrogen) atoms. The lowest BCUT2D eigenvalue weighted by Gasteiger charge is -2.08. The maximum absolute atomic E-state index is 11.6. The summed E-state index contributed by atoms with van der Waals surface area (Å²) in [6.45, 7) is 0. The Morgan fingerprint density at radius 1 is 1.42 bits per heavy atom. The lowest BCUT2D eigenvalue weighted by atomic mass is 10.5. The van der Waals surface area contributed by atoms with Gasteiger partial charge in [0.1, 0.15) is 0 Å². The average Bonchev–Trinajstić information content (AvgIpc) is 1.91. The summed E-state index contributed by atoms with van der Waals surface area (Å²) in [6.07, 6.45) is -3.52. The molecule has 0 aliphatic rings. The van der Waals surface area contributed by atoms with Gasteiger partial charge in [0.05, 0.1) is 4.90 Å². The van der Waals surface area contributed by atoms with E-state index in [1.807, 2.05) is 0 Å². The molecular formula is C6H4F3NOS. The highest BCUT2D eigenvalue weighted by Gasteiger charge is 2.32. The van der Waals surface area contributed by atoms with Crippen LogP contribution in [0.2, 0.25) is 0 Å². The largest absolute Gasteiger partial charge is 0.574 e. The SMILES string of the molecule is FC(F)(F)Oc1ncccc1S. The Morgan fingerprint density at radius 3 is 2.58 bits per heavy atom. The summed E-state index contributed by atoms with van der Waals surface area (Å²) < 4.78 is 38.4. The fraction of sp³-hybridized carbons (Fsp3) is 0.167. The van der Waals surface area contributed by atoms with Crippen LogP contribution in [0, 0.1) is 0 Å². The molecule has 1 aromatic rings. The zero-order valence-electron chi connectivity index (χ0n) is 5.67. The summed E-state index contributed by atoms with van der Waals surface area (Å²) in [5.74, 6) is -0.534. The highest BCUT2D eigenvalue weighted by atomic mass is 32.1. The molecule has 0 saturated heterocycles. The number of rotatable bonds is 1. The number of nitrogens with zero attached hydrogens (tertiary/aromatic N) is 1. The number of hydrogen-bond donors (Lipinski definition) is 1. The predicted molar refractivity (Wildman–Crippen MR) is 38.2 cm³/mol. The Bertz CT molecular complexity index is 276. The summed E-state index contributed by atoms with van der Waals surface area (Å²) in [4.78, 5) is 3.40. The molecule has 6 heteroatoms. The molecule has 0 atom stereocenters. The Labute approximate surface area is 71.8 Å². The molecule has 2 nitrogen and oxygen atoms in total. The van der Waals surface area contributed by atoms with Gasteiger partial charge in [-0.2, -0.15) is 0 Å². The summed E-state index contributed by atoms with van der Waals surface area (Å²) in [5.41, 5.74) is 0. The summed E-state index contributed by atoms with van der Waals surface area (Å²) in [5, 5.41) is 0. The standard InChI is InChI=1S/C6H4F3NOS/c7-6(8,9)11-5-4(12)2-1-3-10-5/h1-3,12H. The van der Waals surface area contributed by atoms with Crippen LogP contribution in [0.3, 0.4) is 0 Å². The minimum atomic E-state index is -4.72. The first-order valence-corrected chi connectivity index (χ1v) is 3.33. The summed E-state index contributed by atoms with van der Waals surface area (Å²) in [6, 6.07) is 2.82. The Morgan fingerprint density at radius 2 is 2.08 bits per heavy atom. The maximum Gasteiger partial charge on any atom is 0.574 e. The van der Waals surface area contributed by atoms with Crippen molar-refractivity contribution in [3.05, 3.63) is 18.3 Å². The third-order valence-electron chi connectivity index (χ3n) is 0.963. The molecule has 66 valence electrons. The van der Waals surface area contributed by atoms with E-state index in [1.54, 1.807) is 0 Å². The highest BCUT2D eigenvalue weighted by Crippen LogP contribution is 2.25. The van der Waals surface area contributed by atoms with Crippen LogP contribution in [0.5, 0.6) is 5.88 Å². The van der Waals surface area contributed by atoms with E-state index >= 15 is 0 Å². The molecule has 1 heterocycles. The zero-order valence-corrected chi connectivity index (χ0v) is 6.56. The molecule has 0 aliphatic heterocycles. The van der Waals surface area contributed by atoms with E-state index in [2.05, 4.69) is 22.3 Å². The van der Waals surface area contributed by atoms with Crippen LogP contribution in [0.4, 0.5) is 13.2 Å². The van der Waals surface area contributed by atoms with Crippen molar-refractivity contribution in [3.63, 3.8) is 0 Å². The fourth-order valence-corrected chi connectivity index (χ4v) is 0.760. The smallest absolute Gasteiger partial charge is 0.387 e. The number of halogens is 3. The van der Waals surface area contributed by atoms with Crippen molar-refractivity contribution >= 4 is 12.6 Å². The van der Waals surface area contributed by atoms with E-state index < -0.39 is 12.2 Å². The van der Waals surface area contributed by atoms with Gasteiger partial charge in [-0.25, -0.2) is 4.98 Å². The van der Waals surface area contributed by atoms with Gasteiger partial charge in [-0.05, 0) is 12.1 Å². The van der Waals surface area contributed by atoms with Gasteiger partial charge in [0.2, 0.25) is 5.88 Å². The molecule has 0 fully saturated rings.